The van der Waals surface area contributed by atoms with E-state index in [1.54, 1.807) is 19.1 Å². The Labute approximate surface area is 99.4 Å². The van der Waals surface area contributed by atoms with Crippen LogP contribution in [0.2, 0.25) is 0 Å². The summed E-state index contributed by atoms with van der Waals surface area (Å²) in [7, 11) is 0. The van der Waals surface area contributed by atoms with E-state index in [1.807, 2.05) is 0 Å². The van der Waals surface area contributed by atoms with Crippen molar-refractivity contribution < 1.29 is 9.18 Å². The van der Waals surface area contributed by atoms with Gasteiger partial charge in [0.2, 0.25) is 0 Å². The molecule has 1 saturated carbocycles. The van der Waals surface area contributed by atoms with E-state index >= 15 is 0 Å². The fraction of sp³-hybridized carbons (Fsp3) is 0.462. The van der Waals surface area contributed by atoms with Crippen LogP contribution in [0.3, 0.4) is 0 Å². The first-order valence-electron chi connectivity index (χ1n) is 5.94. The average Bonchev–Trinajstić information content (AvgIpc) is 2.76. The van der Waals surface area contributed by atoms with Crippen molar-refractivity contribution in [1.82, 2.24) is 10.6 Å². The quantitative estimate of drug-likeness (QED) is 0.804. The van der Waals surface area contributed by atoms with E-state index < -0.39 is 0 Å². The molecule has 1 aliphatic carbocycles. The van der Waals surface area contributed by atoms with Gasteiger partial charge >= 0.3 is 0 Å². The maximum Gasteiger partial charge on any atom is 0.251 e. The molecule has 0 radical (unpaired) electrons. The highest BCUT2D eigenvalue weighted by molar-refractivity contribution is 5.94. The van der Waals surface area contributed by atoms with Gasteiger partial charge in [-0.1, -0.05) is 6.07 Å². The van der Waals surface area contributed by atoms with E-state index in [2.05, 4.69) is 10.6 Å². The predicted octanol–water partition coefficient (Wildman–Crippen LogP) is 1.08. The molecule has 1 aromatic carbocycles. The Morgan fingerprint density at radius 3 is 2.76 bits per heavy atom. The number of hydrogen-bond donors (Lipinski definition) is 2. The summed E-state index contributed by atoms with van der Waals surface area (Å²) in [6.07, 6.45) is 0. The van der Waals surface area contributed by atoms with Crippen molar-refractivity contribution in [1.29, 1.82) is 0 Å². The third kappa shape index (κ3) is 1.82. The zero-order valence-corrected chi connectivity index (χ0v) is 9.66. The number of halogens is 1. The molecular formula is C13H15FN2O. The normalized spacial score (nSPS) is 29.9. The lowest BCUT2D eigenvalue weighted by molar-refractivity contribution is 0.0946. The number of aryl methyl sites for hydroxylation is 1. The molecule has 2 unspecified atom stereocenters. The molecule has 17 heavy (non-hydrogen) atoms. The second-order valence-electron chi connectivity index (χ2n) is 4.95. The lowest BCUT2D eigenvalue weighted by Crippen LogP contribution is -2.32. The van der Waals surface area contributed by atoms with Crippen molar-refractivity contribution in [2.75, 3.05) is 13.1 Å². The highest BCUT2D eigenvalue weighted by Crippen LogP contribution is 2.41. The summed E-state index contributed by atoms with van der Waals surface area (Å²) in [5.41, 5.74) is 0.972. The third-order valence-electron chi connectivity index (χ3n) is 3.82. The van der Waals surface area contributed by atoms with Crippen LogP contribution in [-0.2, 0) is 0 Å². The molecule has 0 bridgehead atoms. The lowest BCUT2D eigenvalue weighted by atomic mass is 10.1. The number of nitrogens with one attached hydrogen (secondary N) is 2. The Balaban J connectivity index is 1.68. The summed E-state index contributed by atoms with van der Waals surface area (Å²) in [6, 6.07) is 4.90. The minimum absolute atomic E-state index is 0.164. The Morgan fingerprint density at radius 1 is 1.41 bits per heavy atom. The van der Waals surface area contributed by atoms with E-state index in [0.717, 1.165) is 13.1 Å². The minimum atomic E-state index is -0.324. The molecule has 1 heterocycles. The van der Waals surface area contributed by atoms with E-state index in [0.29, 0.717) is 23.0 Å². The van der Waals surface area contributed by atoms with Gasteiger partial charge in [0, 0.05) is 24.7 Å². The standard InChI is InChI=1S/C13H15FN2O/c1-7-2-3-8(4-11(7)14)13(17)16-12-9-5-15-6-10(9)12/h2-4,9-10,12,15H,5-6H2,1H3,(H,16,17). The monoisotopic (exact) mass is 234 g/mol. The van der Waals surface area contributed by atoms with Gasteiger partial charge in [-0.15, -0.1) is 0 Å². The van der Waals surface area contributed by atoms with Crippen molar-refractivity contribution in [2.24, 2.45) is 11.8 Å². The van der Waals surface area contributed by atoms with Crippen LogP contribution >= 0.6 is 0 Å². The van der Waals surface area contributed by atoms with Gasteiger partial charge in [-0.25, -0.2) is 4.39 Å². The minimum Gasteiger partial charge on any atom is -0.349 e. The fourth-order valence-electron chi connectivity index (χ4n) is 2.60. The maximum atomic E-state index is 13.3. The first kappa shape index (κ1) is 10.7. The summed E-state index contributed by atoms with van der Waals surface area (Å²) in [5.74, 6) is 0.669. The van der Waals surface area contributed by atoms with Crippen LogP contribution in [0.1, 0.15) is 15.9 Å². The molecule has 90 valence electrons. The van der Waals surface area contributed by atoms with E-state index in [1.165, 1.54) is 6.07 Å². The molecule has 4 heteroatoms. The van der Waals surface area contributed by atoms with Crippen molar-refractivity contribution in [2.45, 2.75) is 13.0 Å². The number of carbonyl (C=O) groups excluding carboxylic acids is 1. The zero-order chi connectivity index (χ0) is 12.0. The van der Waals surface area contributed by atoms with Crippen molar-refractivity contribution in [3.8, 4) is 0 Å². The Morgan fingerprint density at radius 2 is 2.12 bits per heavy atom. The molecular weight excluding hydrogens is 219 g/mol. The molecule has 0 spiro atoms. The smallest absolute Gasteiger partial charge is 0.251 e. The highest BCUT2D eigenvalue weighted by atomic mass is 19.1. The lowest BCUT2D eigenvalue weighted by Gasteiger charge is -2.08. The fourth-order valence-corrected chi connectivity index (χ4v) is 2.60. The van der Waals surface area contributed by atoms with Gasteiger partial charge in [-0.05, 0) is 36.5 Å². The molecule has 2 fully saturated rings. The first-order chi connectivity index (χ1) is 8.16. The summed E-state index contributed by atoms with van der Waals surface area (Å²) in [6.45, 7) is 3.66. The van der Waals surface area contributed by atoms with Gasteiger partial charge in [-0.2, -0.15) is 0 Å². The van der Waals surface area contributed by atoms with Crippen LogP contribution in [0, 0.1) is 24.6 Å². The van der Waals surface area contributed by atoms with Gasteiger partial charge in [0.25, 0.3) is 5.91 Å². The van der Waals surface area contributed by atoms with Crippen LogP contribution < -0.4 is 10.6 Å². The average molecular weight is 234 g/mol. The largest absolute Gasteiger partial charge is 0.349 e. The Kier molecular flexibility index (Phi) is 2.40. The van der Waals surface area contributed by atoms with Crippen LogP contribution in [-0.4, -0.2) is 25.0 Å². The van der Waals surface area contributed by atoms with Gasteiger partial charge in [0.1, 0.15) is 5.82 Å². The molecule has 1 aromatic rings. The van der Waals surface area contributed by atoms with Gasteiger partial charge in [-0.3, -0.25) is 4.79 Å². The number of benzene rings is 1. The number of fused-ring (bicyclic) bond motifs is 1. The first-order valence-corrected chi connectivity index (χ1v) is 5.94. The molecule has 0 aromatic heterocycles. The van der Waals surface area contributed by atoms with Crippen molar-refractivity contribution >= 4 is 5.91 Å². The number of amides is 1. The molecule has 2 atom stereocenters. The van der Waals surface area contributed by atoms with Gasteiger partial charge in [0.05, 0.1) is 0 Å². The summed E-state index contributed by atoms with van der Waals surface area (Å²) in [5, 5.41) is 6.24. The maximum absolute atomic E-state index is 13.3. The molecule has 3 nitrogen and oxygen atoms in total. The summed E-state index contributed by atoms with van der Waals surface area (Å²) < 4.78 is 13.3. The molecule has 1 aliphatic heterocycles. The molecule has 2 aliphatic rings. The Hall–Kier alpha value is -1.42. The second-order valence-corrected chi connectivity index (χ2v) is 4.95. The topological polar surface area (TPSA) is 41.1 Å². The van der Waals surface area contributed by atoms with E-state index in [9.17, 15) is 9.18 Å². The second kappa shape index (κ2) is 3.81. The third-order valence-corrected chi connectivity index (χ3v) is 3.82. The van der Waals surface area contributed by atoms with Crippen LogP contribution in [0.15, 0.2) is 18.2 Å². The molecule has 1 saturated heterocycles. The van der Waals surface area contributed by atoms with Crippen LogP contribution in [0.4, 0.5) is 4.39 Å². The summed E-state index contributed by atoms with van der Waals surface area (Å²) in [4.78, 5) is 11.9. The molecule has 2 N–H and O–H groups in total. The number of hydrogen-bond acceptors (Lipinski definition) is 2. The van der Waals surface area contributed by atoms with Crippen molar-refractivity contribution in [3.63, 3.8) is 0 Å². The number of piperidine rings is 1. The van der Waals surface area contributed by atoms with Gasteiger partial charge < -0.3 is 10.6 Å². The Bertz CT molecular complexity index is 464. The zero-order valence-electron chi connectivity index (χ0n) is 9.66. The van der Waals surface area contributed by atoms with Crippen molar-refractivity contribution in [3.05, 3.63) is 35.1 Å². The summed E-state index contributed by atoms with van der Waals surface area (Å²) >= 11 is 0. The highest BCUT2D eigenvalue weighted by Gasteiger charge is 2.53. The number of rotatable bonds is 2. The van der Waals surface area contributed by atoms with Gasteiger partial charge in [0.15, 0.2) is 0 Å². The number of carbonyl (C=O) groups is 1. The van der Waals surface area contributed by atoms with E-state index in [4.69, 9.17) is 0 Å². The molecule has 1 amide bonds. The predicted molar refractivity (Wildman–Crippen MR) is 62.2 cm³/mol. The van der Waals surface area contributed by atoms with Crippen LogP contribution in [0.5, 0.6) is 0 Å². The molecule has 3 rings (SSSR count). The van der Waals surface area contributed by atoms with E-state index in [-0.39, 0.29) is 17.8 Å². The van der Waals surface area contributed by atoms with Crippen LogP contribution in [0.25, 0.3) is 0 Å². The SMILES string of the molecule is Cc1ccc(C(=O)NC2C3CNCC32)cc1F.